The highest BCUT2D eigenvalue weighted by Gasteiger charge is 2.29. The van der Waals surface area contributed by atoms with Gasteiger partial charge in [0, 0.05) is 5.92 Å². The summed E-state index contributed by atoms with van der Waals surface area (Å²) in [5.41, 5.74) is 0. The van der Waals surface area contributed by atoms with Gasteiger partial charge in [-0.2, -0.15) is 5.10 Å². The van der Waals surface area contributed by atoms with Gasteiger partial charge in [0.05, 0.1) is 6.04 Å². The molecule has 6 heteroatoms. The Morgan fingerprint density at radius 2 is 2.31 bits per heavy atom. The summed E-state index contributed by atoms with van der Waals surface area (Å²) in [4.78, 5) is 15.9. The Morgan fingerprint density at radius 1 is 1.56 bits per heavy atom. The number of carbonyl (C=O) groups is 1. The molecule has 0 aliphatic carbocycles. The fourth-order valence-corrected chi connectivity index (χ4v) is 1.72. The monoisotopic (exact) mass is 223 g/mol. The summed E-state index contributed by atoms with van der Waals surface area (Å²) in [6.07, 6.45) is 1.44. The van der Waals surface area contributed by atoms with E-state index in [1.807, 2.05) is 13.8 Å². The van der Waals surface area contributed by atoms with E-state index in [1.54, 1.807) is 0 Å². The van der Waals surface area contributed by atoms with Crippen molar-refractivity contribution in [2.45, 2.75) is 19.9 Å². The SMILES string of the molecule is CC(NC(=O)C(C)C1CNC1)c1ncn[nH]1. The molecule has 0 radical (unpaired) electrons. The van der Waals surface area contributed by atoms with Crippen LogP contribution in [0.3, 0.4) is 0 Å². The van der Waals surface area contributed by atoms with Crippen molar-refractivity contribution in [3.63, 3.8) is 0 Å². The van der Waals surface area contributed by atoms with E-state index in [0.29, 0.717) is 11.7 Å². The first kappa shape index (κ1) is 11.1. The number of aromatic amines is 1. The van der Waals surface area contributed by atoms with Gasteiger partial charge in [0.15, 0.2) is 0 Å². The van der Waals surface area contributed by atoms with E-state index in [-0.39, 0.29) is 17.9 Å². The summed E-state index contributed by atoms with van der Waals surface area (Å²) in [6, 6.07) is -0.120. The minimum Gasteiger partial charge on any atom is -0.346 e. The molecule has 88 valence electrons. The van der Waals surface area contributed by atoms with Gasteiger partial charge in [-0.1, -0.05) is 6.92 Å². The molecule has 1 aromatic heterocycles. The molecule has 1 aromatic rings. The quantitative estimate of drug-likeness (QED) is 0.662. The molecule has 2 atom stereocenters. The van der Waals surface area contributed by atoms with Crippen LogP contribution in [0.1, 0.15) is 25.7 Å². The molecule has 0 aromatic carbocycles. The lowest BCUT2D eigenvalue weighted by molar-refractivity contribution is -0.127. The number of rotatable bonds is 4. The molecule has 2 heterocycles. The van der Waals surface area contributed by atoms with Gasteiger partial charge in [-0.05, 0) is 25.9 Å². The van der Waals surface area contributed by atoms with Gasteiger partial charge < -0.3 is 10.6 Å². The Labute approximate surface area is 94.2 Å². The van der Waals surface area contributed by atoms with E-state index in [4.69, 9.17) is 0 Å². The summed E-state index contributed by atoms with van der Waals surface area (Å²) in [5, 5.41) is 12.6. The predicted octanol–water partition coefficient (Wildman–Crippen LogP) is -0.163. The summed E-state index contributed by atoms with van der Waals surface area (Å²) in [5.74, 6) is 1.27. The number of aromatic nitrogens is 3. The Balaban J connectivity index is 1.86. The van der Waals surface area contributed by atoms with E-state index in [9.17, 15) is 4.79 Å². The first-order valence-electron chi connectivity index (χ1n) is 5.55. The summed E-state index contributed by atoms with van der Waals surface area (Å²) in [6.45, 7) is 5.73. The zero-order chi connectivity index (χ0) is 11.5. The lowest BCUT2D eigenvalue weighted by Crippen LogP contribution is -2.49. The summed E-state index contributed by atoms with van der Waals surface area (Å²) in [7, 11) is 0. The number of hydrogen-bond donors (Lipinski definition) is 3. The van der Waals surface area contributed by atoms with E-state index in [1.165, 1.54) is 6.33 Å². The molecule has 0 saturated carbocycles. The first-order chi connectivity index (χ1) is 7.68. The molecule has 2 unspecified atom stereocenters. The Hall–Kier alpha value is -1.43. The van der Waals surface area contributed by atoms with Crippen molar-refractivity contribution in [3.05, 3.63) is 12.2 Å². The average molecular weight is 223 g/mol. The molecule has 0 bridgehead atoms. The van der Waals surface area contributed by atoms with E-state index in [2.05, 4.69) is 25.8 Å². The van der Waals surface area contributed by atoms with Crippen LogP contribution < -0.4 is 10.6 Å². The standard InChI is InChI=1S/C10H17N5O/c1-6(8-3-11-4-8)10(16)14-7(2)9-12-5-13-15-9/h5-8,11H,3-4H2,1-2H3,(H,14,16)(H,12,13,15). The van der Waals surface area contributed by atoms with Gasteiger partial charge in [-0.3, -0.25) is 9.89 Å². The number of carbonyl (C=O) groups excluding carboxylic acids is 1. The molecule has 6 nitrogen and oxygen atoms in total. The smallest absolute Gasteiger partial charge is 0.223 e. The molecule has 1 amide bonds. The van der Waals surface area contributed by atoms with Crippen molar-refractivity contribution in [1.82, 2.24) is 25.8 Å². The molecule has 16 heavy (non-hydrogen) atoms. The molecule has 1 fully saturated rings. The maximum Gasteiger partial charge on any atom is 0.223 e. The van der Waals surface area contributed by atoms with E-state index >= 15 is 0 Å². The summed E-state index contributed by atoms with van der Waals surface area (Å²) >= 11 is 0. The molecule has 1 aliphatic heterocycles. The fourth-order valence-electron chi connectivity index (χ4n) is 1.72. The second-order valence-corrected chi connectivity index (χ2v) is 4.31. The van der Waals surface area contributed by atoms with Crippen LogP contribution >= 0.6 is 0 Å². The third kappa shape index (κ3) is 2.21. The maximum absolute atomic E-state index is 11.9. The van der Waals surface area contributed by atoms with Crippen LogP contribution in [0.4, 0.5) is 0 Å². The van der Waals surface area contributed by atoms with Crippen LogP contribution in [-0.4, -0.2) is 34.2 Å². The molecule has 0 spiro atoms. The zero-order valence-electron chi connectivity index (χ0n) is 9.53. The number of H-pyrrole nitrogens is 1. The minimum atomic E-state index is -0.120. The Morgan fingerprint density at radius 3 is 2.81 bits per heavy atom. The van der Waals surface area contributed by atoms with Crippen LogP contribution in [0, 0.1) is 11.8 Å². The lowest BCUT2D eigenvalue weighted by atomic mass is 9.88. The molecular weight excluding hydrogens is 206 g/mol. The van der Waals surface area contributed by atoms with E-state index < -0.39 is 0 Å². The van der Waals surface area contributed by atoms with Gasteiger partial charge >= 0.3 is 0 Å². The highest BCUT2D eigenvalue weighted by Crippen LogP contribution is 2.17. The fraction of sp³-hybridized carbons (Fsp3) is 0.700. The van der Waals surface area contributed by atoms with Crippen molar-refractivity contribution in [1.29, 1.82) is 0 Å². The van der Waals surface area contributed by atoms with Gasteiger partial charge in [0.1, 0.15) is 12.2 Å². The van der Waals surface area contributed by atoms with Crippen LogP contribution in [-0.2, 0) is 4.79 Å². The number of amides is 1. The van der Waals surface area contributed by atoms with Crippen molar-refractivity contribution in [2.24, 2.45) is 11.8 Å². The number of nitrogens with zero attached hydrogens (tertiary/aromatic N) is 2. The molecular formula is C10H17N5O. The molecule has 1 saturated heterocycles. The first-order valence-corrected chi connectivity index (χ1v) is 5.55. The van der Waals surface area contributed by atoms with Crippen LogP contribution in [0.15, 0.2) is 6.33 Å². The predicted molar refractivity (Wildman–Crippen MR) is 58.5 cm³/mol. The van der Waals surface area contributed by atoms with Gasteiger partial charge in [-0.25, -0.2) is 4.98 Å². The van der Waals surface area contributed by atoms with Gasteiger partial charge in [0.2, 0.25) is 5.91 Å². The van der Waals surface area contributed by atoms with Crippen molar-refractivity contribution < 1.29 is 4.79 Å². The molecule has 1 aliphatic rings. The minimum absolute atomic E-state index is 0.0478. The third-order valence-corrected chi connectivity index (χ3v) is 3.14. The van der Waals surface area contributed by atoms with Crippen molar-refractivity contribution in [2.75, 3.05) is 13.1 Å². The highest BCUT2D eigenvalue weighted by atomic mass is 16.1. The Kier molecular flexibility index (Phi) is 3.19. The second kappa shape index (κ2) is 4.61. The van der Waals surface area contributed by atoms with Crippen molar-refractivity contribution >= 4 is 5.91 Å². The van der Waals surface area contributed by atoms with Crippen LogP contribution in [0.25, 0.3) is 0 Å². The third-order valence-electron chi connectivity index (χ3n) is 3.14. The number of nitrogens with one attached hydrogen (secondary N) is 3. The van der Waals surface area contributed by atoms with Gasteiger partial charge in [-0.15, -0.1) is 0 Å². The van der Waals surface area contributed by atoms with Crippen molar-refractivity contribution in [3.8, 4) is 0 Å². The molecule has 3 N–H and O–H groups in total. The van der Waals surface area contributed by atoms with Crippen LogP contribution in [0.5, 0.6) is 0 Å². The summed E-state index contributed by atoms with van der Waals surface area (Å²) < 4.78 is 0. The maximum atomic E-state index is 11.9. The largest absolute Gasteiger partial charge is 0.346 e. The van der Waals surface area contributed by atoms with Crippen LogP contribution in [0.2, 0.25) is 0 Å². The molecule has 2 rings (SSSR count). The number of hydrogen-bond acceptors (Lipinski definition) is 4. The lowest BCUT2D eigenvalue weighted by Gasteiger charge is -2.32. The zero-order valence-corrected chi connectivity index (χ0v) is 9.53. The normalized spacial score (nSPS) is 19.9. The topological polar surface area (TPSA) is 82.7 Å². The van der Waals surface area contributed by atoms with Gasteiger partial charge in [0.25, 0.3) is 0 Å². The second-order valence-electron chi connectivity index (χ2n) is 4.31. The Bertz CT molecular complexity index is 346. The highest BCUT2D eigenvalue weighted by molar-refractivity contribution is 5.79. The average Bonchev–Trinajstić information content (AvgIpc) is 2.67. The van der Waals surface area contributed by atoms with E-state index in [0.717, 1.165) is 13.1 Å².